The zero-order chi connectivity index (χ0) is 22.4. The van der Waals surface area contributed by atoms with Gasteiger partial charge in [0.15, 0.2) is 5.13 Å². The molecule has 2 amide bonds. The fourth-order valence-corrected chi connectivity index (χ4v) is 4.62. The van der Waals surface area contributed by atoms with E-state index in [2.05, 4.69) is 54.2 Å². The van der Waals surface area contributed by atoms with Crippen LogP contribution in [0.5, 0.6) is 0 Å². The standard InChI is InChI=1S/C24H34N4O2S/c1-5-6-11-27(4)23(30)19-9-12-28(13-10-19)15-22(29)26-24-25-21(16-31-24)20-8-7-17(2)18(3)14-20/h7-8,14,16,19H,5-6,9-13,15H2,1-4H3,(H,25,26,29). The smallest absolute Gasteiger partial charge is 0.240 e. The molecule has 0 saturated carbocycles. The van der Waals surface area contributed by atoms with Gasteiger partial charge in [0, 0.05) is 30.5 Å². The summed E-state index contributed by atoms with van der Waals surface area (Å²) in [5.41, 5.74) is 4.44. The lowest BCUT2D eigenvalue weighted by molar-refractivity contribution is -0.135. The number of piperidine rings is 1. The molecule has 6 nitrogen and oxygen atoms in total. The van der Waals surface area contributed by atoms with Gasteiger partial charge in [-0.05, 0) is 63.4 Å². The summed E-state index contributed by atoms with van der Waals surface area (Å²) in [6, 6.07) is 6.29. The number of carbonyl (C=O) groups excluding carboxylic acids is 2. The molecule has 1 aliphatic rings. The summed E-state index contributed by atoms with van der Waals surface area (Å²) in [5, 5.41) is 5.54. The summed E-state index contributed by atoms with van der Waals surface area (Å²) in [6.07, 6.45) is 3.77. The van der Waals surface area contributed by atoms with E-state index in [4.69, 9.17) is 0 Å². The second-order valence-electron chi connectivity index (χ2n) is 8.55. The Morgan fingerprint density at radius 2 is 1.97 bits per heavy atom. The van der Waals surface area contributed by atoms with Crippen LogP contribution in [0.3, 0.4) is 0 Å². The van der Waals surface area contributed by atoms with Crippen molar-refractivity contribution in [2.45, 2.75) is 46.5 Å². The first kappa shape index (κ1) is 23.4. The molecule has 0 radical (unpaired) electrons. The molecule has 31 heavy (non-hydrogen) atoms. The molecular formula is C24H34N4O2S. The second-order valence-corrected chi connectivity index (χ2v) is 9.41. The van der Waals surface area contributed by atoms with Gasteiger partial charge < -0.3 is 10.2 Å². The zero-order valence-corrected chi connectivity index (χ0v) is 19.9. The number of nitrogens with one attached hydrogen (secondary N) is 1. The maximum atomic E-state index is 12.6. The molecule has 1 fully saturated rings. The van der Waals surface area contributed by atoms with Gasteiger partial charge in [0.2, 0.25) is 11.8 Å². The summed E-state index contributed by atoms with van der Waals surface area (Å²) >= 11 is 1.45. The van der Waals surface area contributed by atoms with Gasteiger partial charge in [-0.15, -0.1) is 11.3 Å². The number of carbonyl (C=O) groups is 2. The van der Waals surface area contributed by atoms with E-state index in [1.807, 2.05) is 17.3 Å². The van der Waals surface area contributed by atoms with Crippen LogP contribution in [-0.2, 0) is 9.59 Å². The molecule has 1 saturated heterocycles. The van der Waals surface area contributed by atoms with Gasteiger partial charge in [-0.25, -0.2) is 4.98 Å². The van der Waals surface area contributed by atoms with Crippen molar-refractivity contribution in [1.82, 2.24) is 14.8 Å². The van der Waals surface area contributed by atoms with Crippen molar-refractivity contribution in [3.8, 4) is 11.3 Å². The van der Waals surface area contributed by atoms with Crippen molar-refractivity contribution in [2.24, 2.45) is 5.92 Å². The van der Waals surface area contributed by atoms with Crippen LogP contribution in [0.2, 0.25) is 0 Å². The molecule has 0 spiro atoms. The van der Waals surface area contributed by atoms with Crippen molar-refractivity contribution in [3.63, 3.8) is 0 Å². The lowest BCUT2D eigenvalue weighted by Gasteiger charge is -2.32. The first-order valence-electron chi connectivity index (χ1n) is 11.2. The monoisotopic (exact) mass is 442 g/mol. The summed E-state index contributed by atoms with van der Waals surface area (Å²) in [6.45, 7) is 9.04. The average molecular weight is 443 g/mol. The number of likely N-dealkylation sites (tertiary alicyclic amines) is 1. The average Bonchev–Trinajstić information content (AvgIpc) is 3.22. The van der Waals surface area contributed by atoms with Crippen LogP contribution < -0.4 is 5.32 Å². The van der Waals surface area contributed by atoms with Crippen LogP contribution in [0.4, 0.5) is 5.13 Å². The van der Waals surface area contributed by atoms with Gasteiger partial charge >= 0.3 is 0 Å². The maximum Gasteiger partial charge on any atom is 0.240 e. The summed E-state index contributed by atoms with van der Waals surface area (Å²) < 4.78 is 0. The van der Waals surface area contributed by atoms with E-state index < -0.39 is 0 Å². The molecule has 0 unspecified atom stereocenters. The normalized spacial score (nSPS) is 15.1. The van der Waals surface area contributed by atoms with Crippen LogP contribution in [0, 0.1) is 19.8 Å². The van der Waals surface area contributed by atoms with Gasteiger partial charge in [-0.2, -0.15) is 0 Å². The van der Waals surface area contributed by atoms with E-state index in [0.717, 1.165) is 56.6 Å². The highest BCUT2D eigenvalue weighted by Crippen LogP contribution is 2.26. The Labute approximate surface area is 189 Å². The van der Waals surface area contributed by atoms with Crippen molar-refractivity contribution in [3.05, 3.63) is 34.7 Å². The number of aromatic nitrogens is 1. The Bertz CT molecular complexity index is 903. The maximum absolute atomic E-state index is 12.6. The van der Waals surface area contributed by atoms with Gasteiger partial charge in [-0.3, -0.25) is 14.5 Å². The molecule has 1 aliphatic heterocycles. The van der Waals surface area contributed by atoms with Crippen LogP contribution in [0.15, 0.2) is 23.6 Å². The SMILES string of the molecule is CCCCN(C)C(=O)C1CCN(CC(=O)Nc2nc(-c3ccc(C)c(C)c3)cs2)CC1. The molecular weight excluding hydrogens is 408 g/mol. The van der Waals surface area contributed by atoms with Crippen LogP contribution in [-0.4, -0.2) is 59.8 Å². The van der Waals surface area contributed by atoms with Crippen molar-refractivity contribution >= 4 is 28.3 Å². The number of amides is 2. The number of thiazole rings is 1. The lowest BCUT2D eigenvalue weighted by Crippen LogP contribution is -2.43. The highest BCUT2D eigenvalue weighted by molar-refractivity contribution is 7.14. The molecule has 3 rings (SSSR count). The zero-order valence-electron chi connectivity index (χ0n) is 19.1. The third kappa shape index (κ3) is 6.37. The molecule has 1 N–H and O–H groups in total. The Kier molecular flexibility index (Phi) is 8.21. The van der Waals surface area contributed by atoms with Gasteiger partial charge in [0.25, 0.3) is 0 Å². The van der Waals surface area contributed by atoms with E-state index in [-0.39, 0.29) is 17.7 Å². The molecule has 0 aliphatic carbocycles. The molecule has 1 aromatic heterocycles. The fraction of sp³-hybridized carbons (Fsp3) is 0.542. The van der Waals surface area contributed by atoms with E-state index >= 15 is 0 Å². The molecule has 0 bridgehead atoms. The van der Waals surface area contributed by atoms with Gasteiger partial charge in [-0.1, -0.05) is 25.5 Å². The molecule has 0 atom stereocenters. The number of benzene rings is 1. The largest absolute Gasteiger partial charge is 0.346 e. The Hall–Kier alpha value is -2.25. The molecule has 168 valence electrons. The number of aryl methyl sites for hydroxylation is 2. The number of nitrogens with zero attached hydrogens (tertiary/aromatic N) is 3. The minimum absolute atomic E-state index is 0.0502. The third-order valence-electron chi connectivity index (χ3n) is 6.08. The van der Waals surface area contributed by atoms with Crippen LogP contribution in [0.1, 0.15) is 43.7 Å². The predicted octanol–water partition coefficient (Wildman–Crippen LogP) is 4.34. The fourth-order valence-electron chi connectivity index (χ4n) is 3.88. The molecule has 2 heterocycles. The quantitative estimate of drug-likeness (QED) is 0.661. The number of unbranched alkanes of at least 4 members (excludes halogenated alkanes) is 1. The minimum atomic E-state index is -0.0502. The Morgan fingerprint density at radius 1 is 1.23 bits per heavy atom. The first-order chi connectivity index (χ1) is 14.9. The minimum Gasteiger partial charge on any atom is -0.346 e. The van der Waals surface area contributed by atoms with E-state index in [1.54, 1.807) is 0 Å². The highest BCUT2D eigenvalue weighted by atomic mass is 32.1. The molecule has 1 aromatic carbocycles. The highest BCUT2D eigenvalue weighted by Gasteiger charge is 2.27. The number of rotatable bonds is 8. The van der Waals surface area contributed by atoms with Gasteiger partial charge in [0.1, 0.15) is 0 Å². The van der Waals surface area contributed by atoms with Gasteiger partial charge in [0.05, 0.1) is 12.2 Å². The van der Waals surface area contributed by atoms with Crippen molar-refractivity contribution < 1.29 is 9.59 Å². The number of anilines is 1. The predicted molar refractivity (Wildman–Crippen MR) is 127 cm³/mol. The Balaban J connectivity index is 1.46. The third-order valence-corrected chi connectivity index (χ3v) is 6.84. The second kappa shape index (κ2) is 10.9. The summed E-state index contributed by atoms with van der Waals surface area (Å²) in [5.74, 6) is 0.283. The van der Waals surface area contributed by atoms with E-state index in [0.29, 0.717) is 11.7 Å². The number of hydrogen-bond acceptors (Lipinski definition) is 5. The van der Waals surface area contributed by atoms with Crippen molar-refractivity contribution in [1.29, 1.82) is 0 Å². The van der Waals surface area contributed by atoms with E-state index in [9.17, 15) is 9.59 Å². The Morgan fingerprint density at radius 3 is 2.65 bits per heavy atom. The lowest BCUT2D eigenvalue weighted by atomic mass is 9.95. The van der Waals surface area contributed by atoms with Crippen LogP contribution in [0.25, 0.3) is 11.3 Å². The summed E-state index contributed by atoms with van der Waals surface area (Å²) in [4.78, 5) is 33.6. The first-order valence-corrected chi connectivity index (χ1v) is 12.1. The molecule has 7 heteroatoms. The van der Waals surface area contributed by atoms with Crippen molar-refractivity contribution in [2.75, 3.05) is 38.5 Å². The van der Waals surface area contributed by atoms with Crippen LogP contribution >= 0.6 is 11.3 Å². The summed E-state index contributed by atoms with van der Waals surface area (Å²) in [7, 11) is 1.90. The van der Waals surface area contributed by atoms with E-state index in [1.165, 1.54) is 22.5 Å². The number of hydrogen-bond donors (Lipinski definition) is 1. The molecule has 2 aromatic rings. The topological polar surface area (TPSA) is 65.5 Å².